The Hall–Kier alpha value is -1.28. The summed E-state index contributed by atoms with van der Waals surface area (Å²) in [7, 11) is 2.27. The minimum absolute atomic E-state index is 0.369. The molecule has 1 heterocycles. The largest absolute Gasteiger partial charge is 0.508 e. The molecule has 3 aliphatic rings. The van der Waals surface area contributed by atoms with E-state index in [1.165, 1.54) is 30.5 Å². The fourth-order valence-electron chi connectivity index (χ4n) is 4.73. The van der Waals surface area contributed by atoms with Gasteiger partial charge in [-0.2, -0.15) is 0 Å². The van der Waals surface area contributed by atoms with Gasteiger partial charge in [-0.15, -0.1) is 0 Å². The van der Waals surface area contributed by atoms with Crippen molar-refractivity contribution < 1.29 is 5.11 Å². The van der Waals surface area contributed by atoms with E-state index in [-0.39, 0.29) is 0 Å². The number of hydrogen-bond donors (Lipinski definition) is 1. The summed E-state index contributed by atoms with van der Waals surface area (Å²) in [6.45, 7) is 3.53. The van der Waals surface area contributed by atoms with Crippen molar-refractivity contribution in [3.8, 4) is 5.75 Å². The molecule has 3 atom stereocenters. The number of piperidine rings is 1. The zero-order chi connectivity index (χ0) is 13.9. The van der Waals surface area contributed by atoms with Crippen LogP contribution in [0.3, 0.4) is 0 Å². The van der Waals surface area contributed by atoms with Crippen LogP contribution in [0.5, 0.6) is 5.75 Å². The molecule has 0 saturated carbocycles. The maximum Gasteiger partial charge on any atom is 0.115 e. The van der Waals surface area contributed by atoms with Gasteiger partial charge in [-0.3, -0.25) is 0 Å². The van der Waals surface area contributed by atoms with Gasteiger partial charge in [0.25, 0.3) is 0 Å². The van der Waals surface area contributed by atoms with Crippen LogP contribution in [0.4, 0.5) is 0 Å². The second-order valence-electron chi connectivity index (χ2n) is 7.17. The Labute approximate surface area is 121 Å². The molecule has 1 saturated heterocycles. The van der Waals surface area contributed by atoms with Crippen LogP contribution in [0.2, 0.25) is 0 Å². The quantitative estimate of drug-likeness (QED) is 0.729. The number of hydrogen-bond acceptors (Lipinski definition) is 2. The van der Waals surface area contributed by atoms with Crippen molar-refractivity contribution in [1.29, 1.82) is 0 Å². The Kier molecular flexibility index (Phi) is 2.56. The lowest BCUT2D eigenvalue weighted by molar-refractivity contribution is 0.0941. The van der Waals surface area contributed by atoms with Gasteiger partial charge in [0, 0.05) is 18.0 Å². The highest BCUT2D eigenvalue weighted by Crippen LogP contribution is 2.55. The monoisotopic (exact) mass is 269 g/mol. The van der Waals surface area contributed by atoms with E-state index < -0.39 is 0 Å². The van der Waals surface area contributed by atoms with E-state index in [4.69, 9.17) is 0 Å². The Morgan fingerprint density at radius 3 is 3.05 bits per heavy atom. The van der Waals surface area contributed by atoms with Crippen molar-refractivity contribution >= 4 is 0 Å². The van der Waals surface area contributed by atoms with Crippen molar-refractivity contribution in [2.24, 2.45) is 5.41 Å². The molecule has 1 spiro atoms. The third-order valence-corrected chi connectivity index (χ3v) is 5.89. The van der Waals surface area contributed by atoms with Gasteiger partial charge in [0.05, 0.1) is 0 Å². The molecule has 0 unspecified atom stereocenters. The Balaban J connectivity index is 1.79. The molecule has 1 aromatic rings. The van der Waals surface area contributed by atoms with Crippen molar-refractivity contribution in [2.75, 3.05) is 13.6 Å². The third kappa shape index (κ3) is 1.67. The fourth-order valence-corrected chi connectivity index (χ4v) is 4.73. The molecule has 1 aliphatic heterocycles. The number of rotatable bonds is 0. The zero-order valence-electron chi connectivity index (χ0n) is 12.4. The van der Waals surface area contributed by atoms with Crippen LogP contribution >= 0.6 is 0 Å². The predicted molar refractivity (Wildman–Crippen MR) is 81.0 cm³/mol. The van der Waals surface area contributed by atoms with Gasteiger partial charge in [-0.05, 0) is 68.8 Å². The van der Waals surface area contributed by atoms with Crippen molar-refractivity contribution in [1.82, 2.24) is 4.90 Å². The lowest BCUT2D eigenvalue weighted by Crippen LogP contribution is -2.51. The van der Waals surface area contributed by atoms with Crippen molar-refractivity contribution in [3.63, 3.8) is 0 Å². The van der Waals surface area contributed by atoms with E-state index in [0.717, 1.165) is 12.8 Å². The van der Waals surface area contributed by atoms with Crippen LogP contribution in [-0.2, 0) is 6.42 Å². The first-order valence-corrected chi connectivity index (χ1v) is 7.79. The summed E-state index contributed by atoms with van der Waals surface area (Å²) in [6.07, 6.45) is 7.33. The number of phenols is 1. The molecule has 106 valence electrons. The van der Waals surface area contributed by atoms with Crippen LogP contribution in [0, 0.1) is 5.41 Å². The fraction of sp³-hybridized carbons (Fsp3) is 0.556. The second kappa shape index (κ2) is 4.11. The van der Waals surface area contributed by atoms with Gasteiger partial charge in [0.15, 0.2) is 0 Å². The first kappa shape index (κ1) is 12.5. The average molecular weight is 269 g/mol. The van der Waals surface area contributed by atoms with E-state index in [1.54, 1.807) is 5.57 Å². The number of benzene rings is 1. The number of phenolic OH excluding ortho intramolecular Hbond substituents is 1. The molecule has 0 amide bonds. The Morgan fingerprint density at radius 1 is 1.35 bits per heavy atom. The number of likely N-dealkylation sites (tertiary alicyclic amines) is 1. The molecule has 4 rings (SSSR count). The molecule has 2 nitrogen and oxygen atoms in total. The lowest BCUT2D eigenvalue weighted by atomic mass is 9.57. The summed E-state index contributed by atoms with van der Waals surface area (Å²) in [6, 6.07) is 6.68. The molecule has 2 aliphatic carbocycles. The topological polar surface area (TPSA) is 23.5 Å². The third-order valence-electron chi connectivity index (χ3n) is 5.89. The molecular formula is C18H23NO. The smallest absolute Gasteiger partial charge is 0.115 e. The highest BCUT2D eigenvalue weighted by Gasteiger charge is 2.47. The first-order valence-electron chi connectivity index (χ1n) is 7.79. The van der Waals surface area contributed by atoms with Crippen LogP contribution < -0.4 is 0 Å². The second-order valence-corrected chi connectivity index (χ2v) is 7.17. The summed E-state index contributed by atoms with van der Waals surface area (Å²) in [5.41, 5.74) is 4.94. The van der Waals surface area contributed by atoms with Gasteiger partial charge in [0.1, 0.15) is 5.75 Å². The van der Waals surface area contributed by atoms with E-state index in [0.29, 0.717) is 23.1 Å². The van der Waals surface area contributed by atoms with E-state index in [2.05, 4.69) is 31.0 Å². The summed E-state index contributed by atoms with van der Waals surface area (Å²) in [5.74, 6) is 1.03. The summed E-state index contributed by atoms with van der Waals surface area (Å²) in [4.78, 5) is 2.53. The molecule has 20 heavy (non-hydrogen) atoms. The number of allylic oxidation sites excluding steroid dienone is 1. The minimum atomic E-state index is 0.369. The van der Waals surface area contributed by atoms with Crippen molar-refractivity contribution in [3.05, 3.63) is 41.0 Å². The molecule has 0 aromatic heterocycles. The number of nitrogens with zero attached hydrogens (tertiary/aromatic N) is 1. The van der Waals surface area contributed by atoms with E-state index in [1.807, 2.05) is 12.1 Å². The zero-order valence-corrected chi connectivity index (χ0v) is 12.4. The Morgan fingerprint density at radius 2 is 2.20 bits per heavy atom. The van der Waals surface area contributed by atoms with Crippen LogP contribution in [0.1, 0.15) is 43.2 Å². The summed E-state index contributed by atoms with van der Waals surface area (Å²) >= 11 is 0. The highest BCUT2D eigenvalue weighted by molar-refractivity contribution is 5.44. The van der Waals surface area contributed by atoms with Crippen LogP contribution in [-0.4, -0.2) is 29.6 Å². The standard InChI is InChI=1S/C18H23NO/c1-12-7-15-5-3-13-9-18(15,11-19(12)2)10-14-4-6-16(20)8-17(13)14/h4-6,8,12-13,20H,3,7,9-11H2,1-2H3/t12-,13-,18+/m0/s1. The predicted octanol–water partition coefficient (Wildman–Crippen LogP) is 3.46. The van der Waals surface area contributed by atoms with Crippen LogP contribution in [0.25, 0.3) is 0 Å². The van der Waals surface area contributed by atoms with E-state index >= 15 is 0 Å². The van der Waals surface area contributed by atoms with Gasteiger partial charge in [-0.25, -0.2) is 0 Å². The lowest BCUT2D eigenvalue weighted by Gasteiger charge is -2.53. The number of fused-ring (bicyclic) bond motifs is 3. The Bertz CT molecular complexity index is 591. The summed E-state index contributed by atoms with van der Waals surface area (Å²) in [5, 5.41) is 9.77. The molecule has 1 fully saturated rings. The SMILES string of the molecule is C[C@H]1CC2=CC[C@H]3C[C@@]2(Cc2ccc(O)cc23)CN1C. The first-order chi connectivity index (χ1) is 9.57. The molecular weight excluding hydrogens is 246 g/mol. The maximum atomic E-state index is 9.77. The molecule has 0 radical (unpaired) electrons. The minimum Gasteiger partial charge on any atom is -0.508 e. The molecule has 1 N–H and O–H groups in total. The maximum absolute atomic E-state index is 9.77. The van der Waals surface area contributed by atoms with E-state index in [9.17, 15) is 5.11 Å². The van der Waals surface area contributed by atoms with Gasteiger partial charge < -0.3 is 10.0 Å². The van der Waals surface area contributed by atoms with Gasteiger partial charge >= 0.3 is 0 Å². The normalized spacial score (nSPS) is 36.0. The molecule has 2 bridgehead atoms. The summed E-state index contributed by atoms with van der Waals surface area (Å²) < 4.78 is 0. The van der Waals surface area contributed by atoms with Crippen molar-refractivity contribution in [2.45, 2.75) is 44.6 Å². The molecule has 1 aromatic carbocycles. The van der Waals surface area contributed by atoms with Gasteiger partial charge in [-0.1, -0.05) is 17.7 Å². The van der Waals surface area contributed by atoms with Gasteiger partial charge in [0.2, 0.25) is 0 Å². The number of aromatic hydroxyl groups is 1. The highest BCUT2D eigenvalue weighted by atomic mass is 16.3. The molecule has 2 heteroatoms. The average Bonchev–Trinajstić information content (AvgIpc) is 2.42. The van der Waals surface area contributed by atoms with Crippen LogP contribution in [0.15, 0.2) is 29.8 Å².